The van der Waals surface area contributed by atoms with Crippen LogP contribution in [0.3, 0.4) is 0 Å². The molecule has 0 saturated carbocycles. The van der Waals surface area contributed by atoms with E-state index in [-0.39, 0.29) is 5.91 Å². The van der Waals surface area contributed by atoms with E-state index in [0.29, 0.717) is 25.1 Å². The van der Waals surface area contributed by atoms with Crippen molar-refractivity contribution in [2.24, 2.45) is 0 Å². The van der Waals surface area contributed by atoms with Gasteiger partial charge in [-0.25, -0.2) is 0 Å². The van der Waals surface area contributed by atoms with Gasteiger partial charge in [-0.1, -0.05) is 30.0 Å². The first-order chi connectivity index (χ1) is 12.7. The molecule has 0 spiro atoms. The lowest BCUT2D eigenvalue weighted by atomic mass is 9.80. The van der Waals surface area contributed by atoms with Crippen molar-refractivity contribution in [1.29, 1.82) is 0 Å². The summed E-state index contributed by atoms with van der Waals surface area (Å²) in [6, 6.07) is 13.9. The Morgan fingerprint density at radius 1 is 1.04 bits per heavy atom. The third-order valence-electron chi connectivity index (χ3n) is 5.31. The molecule has 26 heavy (non-hydrogen) atoms. The van der Waals surface area contributed by atoms with Gasteiger partial charge in [0.05, 0.1) is 14.2 Å². The molecule has 2 aromatic carbocycles. The highest BCUT2D eigenvalue weighted by molar-refractivity contribution is 5.82. The maximum absolute atomic E-state index is 12.5. The van der Waals surface area contributed by atoms with Crippen molar-refractivity contribution in [2.75, 3.05) is 20.8 Å². The van der Waals surface area contributed by atoms with Gasteiger partial charge in [0.25, 0.3) is 0 Å². The Hall–Kier alpha value is -2.93. The van der Waals surface area contributed by atoms with Crippen LogP contribution in [0.2, 0.25) is 0 Å². The van der Waals surface area contributed by atoms with Gasteiger partial charge in [-0.05, 0) is 48.2 Å². The van der Waals surface area contributed by atoms with Crippen LogP contribution in [0.15, 0.2) is 42.5 Å². The molecule has 1 unspecified atom stereocenters. The first-order valence-electron chi connectivity index (χ1n) is 8.82. The molecule has 0 aromatic heterocycles. The highest BCUT2D eigenvalue weighted by Gasteiger charge is 2.49. The lowest BCUT2D eigenvalue weighted by Gasteiger charge is -2.40. The second-order valence-electron chi connectivity index (χ2n) is 6.64. The summed E-state index contributed by atoms with van der Waals surface area (Å²) in [5.41, 5.74) is 2.61. The Labute approximate surface area is 153 Å². The third-order valence-corrected chi connectivity index (χ3v) is 5.31. The molecule has 1 atom stereocenters. The summed E-state index contributed by atoms with van der Waals surface area (Å²) < 4.78 is 11.0. The molecule has 1 fully saturated rings. The largest absolute Gasteiger partial charge is 0.493 e. The normalized spacial score (nSPS) is 20.7. The quantitative estimate of drug-likeness (QED) is 0.784. The molecule has 2 aliphatic rings. The van der Waals surface area contributed by atoms with Gasteiger partial charge in [0.15, 0.2) is 11.5 Å². The maximum Gasteiger partial charge on any atom is 0.224 e. The number of fused-ring (bicyclic) bond motifs is 3. The van der Waals surface area contributed by atoms with Crippen molar-refractivity contribution in [3.8, 4) is 23.3 Å². The lowest BCUT2D eigenvalue weighted by molar-refractivity contribution is -0.130. The minimum atomic E-state index is -0.583. The van der Waals surface area contributed by atoms with Crippen LogP contribution < -0.4 is 9.47 Å². The van der Waals surface area contributed by atoms with E-state index < -0.39 is 5.54 Å². The standard InChI is InChI=1S/C22H21NO3/c1-25-19-14-17-10-13-23-21(24)9-12-22(23,18(17)15-20(19)26-2)11-8-16-6-4-3-5-7-16/h3-7,14-15H,9-10,12-13H2,1-2H3. The number of amides is 1. The summed E-state index contributed by atoms with van der Waals surface area (Å²) in [7, 11) is 3.27. The van der Waals surface area contributed by atoms with E-state index in [2.05, 4.69) is 11.8 Å². The van der Waals surface area contributed by atoms with Crippen molar-refractivity contribution in [3.63, 3.8) is 0 Å². The Morgan fingerprint density at radius 3 is 2.50 bits per heavy atom. The predicted octanol–water partition coefficient (Wildman–Crippen LogP) is 3.13. The van der Waals surface area contributed by atoms with Crippen LogP contribution in [0.5, 0.6) is 11.5 Å². The zero-order valence-electron chi connectivity index (χ0n) is 15.0. The van der Waals surface area contributed by atoms with Crippen molar-refractivity contribution in [1.82, 2.24) is 4.90 Å². The van der Waals surface area contributed by atoms with Crippen molar-refractivity contribution < 1.29 is 14.3 Å². The first-order valence-corrected chi connectivity index (χ1v) is 8.82. The minimum Gasteiger partial charge on any atom is -0.493 e. The van der Waals surface area contributed by atoms with Gasteiger partial charge in [0.2, 0.25) is 5.91 Å². The van der Waals surface area contributed by atoms with Crippen LogP contribution >= 0.6 is 0 Å². The molecular weight excluding hydrogens is 326 g/mol. The lowest BCUT2D eigenvalue weighted by Crippen LogP contribution is -2.47. The van der Waals surface area contributed by atoms with Gasteiger partial charge in [-0.15, -0.1) is 0 Å². The number of carbonyl (C=O) groups excluding carboxylic acids is 1. The van der Waals surface area contributed by atoms with E-state index in [1.54, 1.807) is 14.2 Å². The van der Waals surface area contributed by atoms with Gasteiger partial charge in [0, 0.05) is 18.5 Å². The van der Waals surface area contributed by atoms with Crippen molar-refractivity contribution in [3.05, 3.63) is 59.2 Å². The number of nitrogens with zero attached hydrogens (tertiary/aromatic N) is 1. The summed E-state index contributed by atoms with van der Waals surface area (Å²) in [6.07, 6.45) is 2.03. The summed E-state index contributed by atoms with van der Waals surface area (Å²) in [6.45, 7) is 0.685. The van der Waals surface area contributed by atoms with Crippen LogP contribution in [0, 0.1) is 11.8 Å². The summed E-state index contributed by atoms with van der Waals surface area (Å²) in [4.78, 5) is 14.5. The Kier molecular flexibility index (Phi) is 4.08. The van der Waals surface area contributed by atoms with E-state index in [9.17, 15) is 4.79 Å². The molecule has 132 valence electrons. The molecule has 2 aliphatic heterocycles. The molecule has 0 aliphatic carbocycles. The molecule has 0 N–H and O–H groups in total. The SMILES string of the molecule is COc1cc2c(cc1OC)C1(C#Cc3ccccc3)CCC(=O)N1CC2. The van der Waals surface area contributed by atoms with Gasteiger partial charge in [0.1, 0.15) is 5.54 Å². The highest BCUT2D eigenvalue weighted by atomic mass is 16.5. The van der Waals surface area contributed by atoms with E-state index in [1.165, 1.54) is 5.56 Å². The zero-order valence-corrected chi connectivity index (χ0v) is 15.0. The fourth-order valence-electron chi connectivity index (χ4n) is 4.01. The van der Waals surface area contributed by atoms with E-state index >= 15 is 0 Å². The average molecular weight is 347 g/mol. The average Bonchev–Trinajstić information content (AvgIpc) is 3.03. The van der Waals surface area contributed by atoms with Crippen molar-refractivity contribution >= 4 is 5.91 Å². The summed E-state index contributed by atoms with van der Waals surface area (Å²) in [5.74, 6) is 8.30. The number of hydrogen-bond donors (Lipinski definition) is 0. The van der Waals surface area contributed by atoms with E-state index in [4.69, 9.17) is 9.47 Å². The Balaban J connectivity index is 1.89. The molecule has 2 heterocycles. The molecule has 1 amide bonds. The van der Waals surface area contributed by atoms with Crippen LogP contribution in [0.1, 0.15) is 29.5 Å². The second kappa shape index (κ2) is 6.42. The van der Waals surface area contributed by atoms with Crippen LogP contribution in [0.4, 0.5) is 0 Å². The molecule has 2 aromatic rings. The summed E-state index contributed by atoms with van der Waals surface area (Å²) >= 11 is 0. The number of hydrogen-bond acceptors (Lipinski definition) is 3. The number of ether oxygens (including phenoxy) is 2. The Morgan fingerprint density at radius 2 is 1.77 bits per heavy atom. The number of methoxy groups -OCH3 is 2. The predicted molar refractivity (Wildman–Crippen MR) is 99.2 cm³/mol. The molecule has 0 radical (unpaired) electrons. The minimum absolute atomic E-state index is 0.174. The molecular formula is C22H21NO3. The second-order valence-corrected chi connectivity index (χ2v) is 6.64. The van der Waals surface area contributed by atoms with E-state index in [0.717, 1.165) is 23.3 Å². The maximum atomic E-state index is 12.5. The highest BCUT2D eigenvalue weighted by Crippen LogP contribution is 2.47. The zero-order chi connectivity index (χ0) is 18.1. The fourth-order valence-corrected chi connectivity index (χ4v) is 4.01. The number of rotatable bonds is 2. The van der Waals surface area contributed by atoms with Crippen LogP contribution in [-0.4, -0.2) is 31.6 Å². The molecule has 1 saturated heterocycles. The molecule has 4 heteroatoms. The summed E-state index contributed by atoms with van der Waals surface area (Å²) in [5, 5.41) is 0. The topological polar surface area (TPSA) is 38.8 Å². The fraction of sp³-hybridized carbons (Fsp3) is 0.318. The number of carbonyl (C=O) groups is 1. The molecule has 4 nitrogen and oxygen atoms in total. The van der Waals surface area contributed by atoms with Crippen LogP contribution in [-0.2, 0) is 16.8 Å². The van der Waals surface area contributed by atoms with Crippen molar-refractivity contribution in [2.45, 2.75) is 24.8 Å². The third kappa shape index (κ3) is 2.52. The first kappa shape index (κ1) is 16.5. The van der Waals surface area contributed by atoms with Crippen LogP contribution in [0.25, 0.3) is 0 Å². The number of benzene rings is 2. The van der Waals surface area contributed by atoms with Gasteiger partial charge in [-0.2, -0.15) is 0 Å². The Bertz CT molecular complexity index is 910. The molecule has 0 bridgehead atoms. The molecule has 4 rings (SSSR count). The van der Waals surface area contributed by atoms with Gasteiger partial charge >= 0.3 is 0 Å². The monoisotopic (exact) mass is 347 g/mol. The van der Waals surface area contributed by atoms with Gasteiger partial charge in [-0.3, -0.25) is 4.79 Å². The van der Waals surface area contributed by atoms with E-state index in [1.807, 2.05) is 47.4 Å². The van der Waals surface area contributed by atoms with Gasteiger partial charge < -0.3 is 14.4 Å². The smallest absolute Gasteiger partial charge is 0.224 e.